The fourth-order valence-electron chi connectivity index (χ4n) is 1.96. The summed E-state index contributed by atoms with van der Waals surface area (Å²) < 4.78 is 0. The third kappa shape index (κ3) is 5.17. The number of aliphatic carboxylic acids is 1. The molecule has 1 rings (SSSR count). The van der Waals surface area contributed by atoms with Crippen molar-refractivity contribution in [3.63, 3.8) is 0 Å². The van der Waals surface area contributed by atoms with Crippen molar-refractivity contribution < 1.29 is 14.7 Å². The van der Waals surface area contributed by atoms with E-state index in [0.29, 0.717) is 12.8 Å². The van der Waals surface area contributed by atoms with E-state index < -0.39 is 5.97 Å². The number of carbonyl (C=O) groups is 2. The number of hydrogen-bond acceptors (Lipinski definition) is 3. The van der Waals surface area contributed by atoms with Gasteiger partial charge in [-0.1, -0.05) is 0 Å². The first-order chi connectivity index (χ1) is 7.78. The minimum atomic E-state index is -0.755. The van der Waals surface area contributed by atoms with E-state index in [1.165, 1.54) is 0 Å². The van der Waals surface area contributed by atoms with Crippen LogP contribution in [0, 0.1) is 5.92 Å². The molecule has 3 N–H and O–H groups in total. The average Bonchev–Trinajstić information content (AvgIpc) is 2.62. The van der Waals surface area contributed by atoms with Gasteiger partial charge in [0.1, 0.15) is 0 Å². The van der Waals surface area contributed by atoms with Crippen LogP contribution in [-0.2, 0) is 9.59 Å². The van der Waals surface area contributed by atoms with Gasteiger partial charge in [0.15, 0.2) is 0 Å². The SMILES string of the molecule is CC(C)(C)NCC(=O)NC1CCC(C(=O)O)C1. The van der Waals surface area contributed by atoms with E-state index in [-0.39, 0.29) is 30.0 Å². The summed E-state index contributed by atoms with van der Waals surface area (Å²) in [6.45, 7) is 6.26. The van der Waals surface area contributed by atoms with Crippen molar-refractivity contribution in [3.8, 4) is 0 Å². The molecule has 2 unspecified atom stereocenters. The molecule has 0 aliphatic heterocycles. The maximum atomic E-state index is 11.6. The van der Waals surface area contributed by atoms with Crippen molar-refractivity contribution >= 4 is 11.9 Å². The summed E-state index contributed by atoms with van der Waals surface area (Å²) in [6, 6.07) is 0.0189. The lowest BCUT2D eigenvalue weighted by Gasteiger charge is -2.21. The van der Waals surface area contributed by atoms with Crippen LogP contribution in [0.2, 0.25) is 0 Å². The molecule has 1 fully saturated rings. The minimum Gasteiger partial charge on any atom is -0.481 e. The van der Waals surface area contributed by atoms with Gasteiger partial charge in [0.2, 0.25) is 5.91 Å². The maximum Gasteiger partial charge on any atom is 0.306 e. The molecular formula is C12H22N2O3. The Hall–Kier alpha value is -1.10. The van der Waals surface area contributed by atoms with E-state index in [1.807, 2.05) is 20.8 Å². The Morgan fingerprint density at radius 3 is 2.41 bits per heavy atom. The molecule has 98 valence electrons. The Balaban J connectivity index is 2.26. The Morgan fingerprint density at radius 2 is 1.94 bits per heavy atom. The van der Waals surface area contributed by atoms with Gasteiger partial charge in [0, 0.05) is 11.6 Å². The monoisotopic (exact) mass is 242 g/mol. The molecule has 0 saturated heterocycles. The second-order valence-electron chi connectivity index (χ2n) is 5.72. The molecule has 0 bridgehead atoms. The van der Waals surface area contributed by atoms with Gasteiger partial charge < -0.3 is 15.7 Å². The first kappa shape index (κ1) is 14.0. The summed E-state index contributed by atoms with van der Waals surface area (Å²) in [5.74, 6) is -1.11. The highest BCUT2D eigenvalue weighted by Gasteiger charge is 2.30. The van der Waals surface area contributed by atoms with Crippen LogP contribution in [0.1, 0.15) is 40.0 Å². The number of carboxylic acids is 1. The molecule has 2 atom stereocenters. The zero-order chi connectivity index (χ0) is 13.1. The topological polar surface area (TPSA) is 78.4 Å². The molecule has 0 heterocycles. The second-order valence-corrected chi connectivity index (χ2v) is 5.72. The maximum absolute atomic E-state index is 11.6. The highest BCUT2D eigenvalue weighted by molar-refractivity contribution is 5.78. The molecule has 1 aliphatic carbocycles. The van der Waals surface area contributed by atoms with Crippen molar-refractivity contribution in [1.29, 1.82) is 0 Å². The summed E-state index contributed by atoms with van der Waals surface area (Å²) in [5, 5.41) is 14.8. The van der Waals surface area contributed by atoms with E-state index in [0.717, 1.165) is 6.42 Å². The molecular weight excluding hydrogens is 220 g/mol. The molecule has 1 saturated carbocycles. The van der Waals surface area contributed by atoms with Crippen LogP contribution in [-0.4, -0.2) is 35.1 Å². The Kier molecular flexibility index (Phi) is 4.51. The summed E-state index contributed by atoms with van der Waals surface area (Å²) in [4.78, 5) is 22.4. The number of carbonyl (C=O) groups excluding carboxylic acids is 1. The number of amides is 1. The van der Waals surface area contributed by atoms with Crippen molar-refractivity contribution in [3.05, 3.63) is 0 Å². The number of nitrogens with one attached hydrogen (secondary N) is 2. The lowest BCUT2D eigenvalue weighted by atomic mass is 10.1. The van der Waals surface area contributed by atoms with Gasteiger partial charge in [-0.2, -0.15) is 0 Å². The zero-order valence-electron chi connectivity index (χ0n) is 10.7. The van der Waals surface area contributed by atoms with Crippen molar-refractivity contribution in [2.45, 2.75) is 51.6 Å². The predicted octanol–water partition coefficient (Wildman–Crippen LogP) is 0.744. The second kappa shape index (κ2) is 5.49. The van der Waals surface area contributed by atoms with Crippen molar-refractivity contribution in [2.24, 2.45) is 5.92 Å². The highest BCUT2D eigenvalue weighted by atomic mass is 16.4. The van der Waals surface area contributed by atoms with Gasteiger partial charge in [-0.15, -0.1) is 0 Å². The number of hydrogen-bond donors (Lipinski definition) is 3. The van der Waals surface area contributed by atoms with Crippen LogP contribution in [0.3, 0.4) is 0 Å². The van der Waals surface area contributed by atoms with E-state index >= 15 is 0 Å². The fraction of sp³-hybridized carbons (Fsp3) is 0.833. The normalized spacial score (nSPS) is 24.6. The first-order valence-corrected chi connectivity index (χ1v) is 6.05. The van der Waals surface area contributed by atoms with E-state index in [4.69, 9.17) is 5.11 Å². The van der Waals surface area contributed by atoms with Crippen LogP contribution >= 0.6 is 0 Å². The third-order valence-electron chi connectivity index (χ3n) is 2.93. The Bertz CT molecular complexity index is 297. The average molecular weight is 242 g/mol. The van der Waals surface area contributed by atoms with E-state index in [1.54, 1.807) is 0 Å². The van der Waals surface area contributed by atoms with Crippen molar-refractivity contribution in [1.82, 2.24) is 10.6 Å². The van der Waals surface area contributed by atoms with Crippen LogP contribution < -0.4 is 10.6 Å². The smallest absolute Gasteiger partial charge is 0.306 e. The van der Waals surface area contributed by atoms with Gasteiger partial charge in [0.25, 0.3) is 0 Å². The minimum absolute atomic E-state index is 0.0189. The van der Waals surface area contributed by atoms with E-state index in [9.17, 15) is 9.59 Å². The zero-order valence-corrected chi connectivity index (χ0v) is 10.7. The van der Waals surface area contributed by atoms with Gasteiger partial charge in [-0.3, -0.25) is 9.59 Å². The van der Waals surface area contributed by atoms with E-state index in [2.05, 4.69) is 10.6 Å². The van der Waals surface area contributed by atoms with Gasteiger partial charge in [-0.25, -0.2) is 0 Å². The molecule has 5 nitrogen and oxygen atoms in total. The molecule has 1 aliphatic rings. The lowest BCUT2D eigenvalue weighted by Crippen LogP contribution is -2.45. The summed E-state index contributed by atoms with van der Waals surface area (Å²) >= 11 is 0. The summed E-state index contributed by atoms with van der Waals surface area (Å²) in [6.07, 6.45) is 1.97. The van der Waals surface area contributed by atoms with Crippen molar-refractivity contribution in [2.75, 3.05) is 6.54 Å². The molecule has 0 aromatic rings. The Labute approximate surface area is 102 Å². The third-order valence-corrected chi connectivity index (χ3v) is 2.93. The van der Waals surface area contributed by atoms with Crippen LogP contribution in [0.25, 0.3) is 0 Å². The van der Waals surface area contributed by atoms with Crippen LogP contribution in [0.4, 0.5) is 0 Å². The summed E-state index contributed by atoms with van der Waals surface area (Å²) in [7, 11) is 0. The molecule has 0 spiro atoms. The number of carboxylic acid groups (broad SMARTS) is 1. The molecule has 0 aromatic heterocycles. The molecule has 0 aromatic carbocycles. The standard InChI is InChI=1S/C12H22N2O3/c1-12(2,3)13-7-10(15)14-9-5-4-8(6-9)11(16)17/h8-9,13H,4-7H2,1-3H3,(H,14,15)(H,16,17). The molecule has 17 heavy (non-hydrogen) atoms. The van der Waals surface area contributed by atoms with Gasteiger partial charge in [-0.05, 0) is 40.0 Å². The summed E-state index contributed by atoms with van der Waals surface area (Å²) in [5.41, 5.74) is -0.0867. The first-order valence-electron chi connectivity index (χ1n) is 6.05. The van der Waals surface area contributed by atoms with Gasteiger partial charge in [0.05, 0.1) is 12.5 Å². The van der Waals surface area contributed by atoms with Crippen LogP contribution in [0.5, 0.6) is 0 Å². The molecule has 1 amide bonds. The van der Waals surface area contributed by atoms with Crippen LogP contribution in [0.15, 0.2) is 0 Å². The van der Waals surface area contributed by atoms with Gasteiger partial charge >= 0.3 is 5.97 Å². The lowest BCUT2D eigenvalue weighted by molar-refractivity contribution is -0.141. The predicted molar refractivity (Wildman–Crippen MR) is 64.7 cm³/mol. The molecule has 0 radical (unpaired) electrons. The largest absolute Gasteiger partial charge is 0.481 e. The number of rotatable bonds is 4. The quantitative estimate of drug-likeness (QED) is 0.679. The molecule has 5 heteroatoms. The Morgan fingerprint density at radius 1 is 1.29 bits per heavy atom. The fourth-order valence-corrected chi connectivity index (χ4v) is 1.96. The highest BCUT2D eigenvalue weighted by Crippen LogP contribution is 2.25.